The fourth-order valence-electron chi connectivity index (χ4n) is 0.666. The Labute approximate surface area is 55.9 Å². The van der Waals surface area contributed by atoms with Crippen LogP contribution in [-0.4, -0.2) is 4.98 Å². The Bertz CT molecular complexity index is 223. The van der Waals surface area contributed by atoms with Crippen molar-refractivity contribution < 1.29 is 13.2 Å². The van der Waals surface area contributed by atoms with Gasteiger partial charge in [0.15, 0.2) is 0 Å². The minimum atomic E-state index is -4.24. The predicted molar refractivity (Wildman–Crippen MR) is 30.5 cm³/mol. The zero-order chi connectivity index (χ0) is 7.78. The molecule has 0 bridgehead atoms. The maximum absolute atomic E-state index is 11.8. The summed E-state index contributed by atoms with van der Waals surface area (Å²) in [5, 5.41) is 0. The first-order valence-electron chi connectivity index (χ1n) is 2.72. The van der Waals surface area contributed by atoms with E-state index in [0.29, 0.717) is 5.56 Å². The number of hydrogen-bond acceptors (Lipinski definition) is 0. The zero-order valence-electron chi connectivity index (χ0n) is 5.29. The average Bonchev–Trinajstić information content (AvgIpc) is 2.11. The zero-order valence-corrected chi connectivity index (χ0v) is 5.29. The highest BCUT2D eigenvalue weighted by molar-refractivity contribution is 5.16. The van der Waals surface area contributed by atoms with Gasteiger partial charge in [-0.15, -0.1) is 0 Å². The van der Waals surface area contributed by atoms with Gasteiger partial charge in [-0.3, -0.25) is 0 Å². The number of aryl methyl sites for hydroxylation is 1. The van der Waals surface area contributed by atoms with Crippen LogP contribution in [0.4, 0.5) is 13.2 Å². The molecule has 0 aromatic carbocycles. The molecule has 0 saturated heterocycles. The van der Waals surface area contributed by atoms with Gasteiger partial charge in [-0.05, 0) is 18.6 Å². The molecule has 0 unspecified atom stereocenters. The van der Waals surface area contributed by atoms with Gasteiger partial charge in [-0.25, -0.2) is 0 Å². The Morgan fingerprint density at radius 3 is 2.20 bits per heavy atom. The molecule has 0 atom stereocenters. The first kappa shape index (κ1) is 7.18. The monoisotopic (exact) mass is 149 g/mol. The molecule has 1 aromatic rings. The van der Waals surface area contributed by atoms with Crippen LogP contribution in [0.3, 0.4) is 0 Å². The van der Waals surface area contributed by atoms with Crippen LogP contribution in [0, 0.1) is 6.92 Å². The summed E-state index contributed by atoms with van der Waals surface area (Å²) in [4.78, 5) is 2.12. The molecule has 10 heavy (non-hydrogen) atoms. The van der Waals surface area contributed by atoms with E-state index in [9.17, 15) is 13.2 Å². The lowest BCUT2D eigenvalue weighted by atomic mass is 10.3. The third kappa shape index (κ3) is 1.32. The molecular weight excluding hydrogens is 143 g/mol. The van der Waals surface area contributed by atoms with Gasteiger partial charge in [0.2, 0.25) is 0 Å². The third-order valence-electron chi connectivity index (χ3n) is 1.13. The van der Waals surface area contributed by atoms with Crippen LogP contribution in [0.1, 0.15) is 11.3 Å². The van der Waals surface area contributed by atoms with Gasteiger partial charge in [0.1, 0.15) is 5.69 Å². The van der Waals surface area contributed by atoms with Crippen LogP contribution >= 0.6 is 0 Å². The highest BCUT2D eigenvalue weighted by Crippen LogP contribution is 2.27. The van der Waals surface area contributed by atoms with E-state index in [2.05, 4.69) is 4.98 Å². The van der Waals surface area contributed by atoms with Crippen molar-refractivity contribution in [2.45, 2.75) is 13.1 Å². The lowest BCUT2D eigenvalue weighted by Gasteiger charge is -2.00. The number of hydrogen-bond donors (Lipinski definition) is 1. The van der Waals surface area contributed by atoms with E-state index in [-0.39, 0.29) is 0 Å². The van der Waals surface area contributed by atoms with Crippen molar-refractivity contribution >= 4 is 0 Å². The van der Waals surface area contributed by atoms with E-state index in [1.54, 1.807) is 6.92 Å². The van der Waals surface area contributed by atoms with Crippen LogP contribution in [0.15, 0.2) is 12.3 Å². The molecule has 56 valence electrons. The maximum atomic E-state index is 11.8. The normalized spacial score (nSPS) is 12.0. The molecule has 0 spiro atoms. The van der Waals surface area contributed by atoms with E-state index in [1.165, 1.54) is 6.20 Å². The molecule has 1 aromatic heterocycles. The lowest BCUT2D eigenvalue weighted by molar-refractivity contribution is -0.140. The molecular formula is C6H6F3N. The van der Waals surface area contributed by atoms with E-state index >= 15 is 0 Å². The van der Waals surface area contributed by atoms with Gasteiger partial charge < -0.3 is 4.98 Å². The number of halogens is 3. The first-order valence-corrected chi connectivity index (χ1v) is 2.72. The molecule has 0 amide bonds. The third-order valence-corrected chi connectivity index (χ3v) is 1.13. The molecule has 0 aliphatic carbocycles. The Kier molecular flexibility index (Phi) is 1.46. The molecule has 1 heterocycles. The molecule has 0 fully saturated rings. The van der Waals surface area contributed by atoms with Gasteiger partial charge in [0.25, 0.3) is 0 Å². The predicted octanol–water partition coefficient (Wildman–Crippen LogP) is 2.34. The van der Waals surface area contributed by atoms with E-state index in [1.807, 2.05) is 0 Å². The van der Waals surface area contributed by atoms with Crippen molar-refractivity contribution in [3.05, 3.63) is 23.5 Å². The van der Waals surface area contributed by atoms with E-state index in [0.717, 1.165) is 6.07 Å². The van der Waals surface area contributed by atoms with Crippen molar-refractivity contribution in [3.8, 4) is 0 Å². The van der Waals surface area contributed by atoms with E-state index in [4.69, 9.17) is 0 Å². The lowest BCUT2D eigenvalue weighted by Crippen LogP contribution is -2.04. The number of aromatic nitrogens is 1. The SMILES string of the molecule is Cc1c[nH]c(C(F)(F)F)c1. The highest BCUT2D eigenvalue weighted by Gasteiger charge is 2.31. The second kappa shape index (κ2) is 2.04. The topological polar surface area (TPSA) is 15.8 Å². The summed E-state index contributed by atoms with van der Waals surface area (Å²) in [6.45, 7) is 1.60. The van der Waals surface area contributed by atoms with Gasteiger partial charge in [0.05, 0.1) is 0 Å². The van der Waals surface area contributed by atoms with Gasteiger partial charge in [-0.1, -0.05) is 0 Å². The number of nitrogens with one attached hydrogen (secondary N) is 1. The largest absolute Gasteiger partial charge is 0.431 e. The highest BCUT2D eigenvalue weighted by atomic mass is 19.4. The number of H-pyrrole nitrogens is 1. The van der Waals surface area contributed by atoms with Crippen molar-refractivity contribution in [1.82, 2.24) is 4.98 Å². The second-order valence-corrected chi connectivity index (χ2v) is 2.09. The number of aromatic amines is 1. The van der Waals surface area contributed by atoms with Crippen LogP contribution < -0.4 is 0 Å². The molecule has 1 N–H and O–H groups in total. The molecule has 0 aliphatic rings. The fourth-order valence-corrected chi connectivity index (χ4v) is 0.666. The summed E-state index contributed by atoms with van der Waals surface area (Å²) < 4.78 is 35.3. The summed E-state index contributed by atoms with van der Waals surface area (Å²) in [6.07, 6.45) is -2.92. The Balaban J connectivity index is 2.96. The van der Waals surface area contributed by atoms with Crippen LogP contribution in [-0.2, 0) is 6.18 Å². The van der Waals surface area contributed by atoms with Crippen LogP contribution in [0.5, 0.6) is 0 Å². The smallest absolute Gasteiger partial charge is 0.357 e. The van der Waals surface area contributed by atoms with Crippen molar-refractivity contribution in [2.75, 3.05) is 0 Å². The van der Waals surface area contributed by atoms with Crippen LogP contribution in [0.25, 0.3) is 0 Å². The summed E-state index contributed by atoms with van der Waals surface area (Å²) in [6, 6.07) is 1.07. The average molecular weight is 149 g/mol. The van der Waals surface area contributed by atoms with Gasteiger partial charge in [0, 0.05) is 6.20 Å². The second-order valence-electron chi connectivity index (χ2n) is 2.09. The minimum Gasteiger partial charge on any atom is -0.357 e. The van der Waals surface area contributed by atoms with Crippen molar-refractivity contribution in [2.24, 2.45) is 0 Å². The fraction of sp³-hybridized carbons (Fsp3) is 0.333. The molecule has 0 saturated carbocycles. The summed E-state index contributed by atoms with van der Waals surface area (Å²) in [5.41, 5.74) is -0.0997. The Hall–Kier alpha value is -0.930. The molecule has 0 aliphatic heterocycles. The van der Waals surface area contributed by atoms with E-state index < -0.39 is 11.9 Å². The number of alkyl halides is 3. The quantitative estimate of drug-likeness (QED) is 0.582. The Morgan fingerprint density at radius 1 is 1.40 bits per heavy atom. The molecule has 4 heteroatoms. The molecule has 1 rings (SSSR count). The first-order chi connectivity index (χ1) is 4.50. The van der Waals surface area contributed by atoms with Crippen LogP contribution in [0.2, 0.25) is 0 Å². The van der Waals surface area contributed by atoms with Crippen molar-refractivity contribution in [1.29, 1.82) is 0 Å². The van der Waals surface area contributed by atoms with Gasteiger partial charge >= 0.3 is 6.18 Å². The molecule has 0 radical (unpaired) electrons. The summed E-state index contributed by atoms with van der Waals surface area (Å²) in [7, 11) is 0. The van der Waals surface area contributed by atoms with Crippen molar-refractivity contribution in [3.63, 3.8) is 0 Å². The standard InChI is InChI=1S/C6H6F3N/c1-4-2-5(10-3-4)6(7,8)9/h2-3,10H,1H3. The molecule has 1 nitrogen and oxygen atoms in total. The van der Waals surface area contributed by atoms with Gasteiger partial charge in [-0.2, -0.15) is 13.2 Å². The summed E-state index contributed by atoms with van der Waals surface area (Å²) >= 11 is 0. The maximum Gasteiger partial charge on any atom is 0.431 e. The number of rotatable bonds is 0. The summed E-state index contributed by atoms with van der Waals surface area (Å²) in [5.74, 6) is 0. The minimum absolute atomic E-state index is 0.590. The Morgan fingerprint density at radius 2 is 2.00 bits per heavy atom.